The fraction of sp³-hybridized carbons (Fsp3) is 0.417. The van der Waals surface area contributed by atoms with Gasteiger partial charge in [0.1, 0.15) is 12.4 Å². The van der Waals surface area contributed by atoms with Crippen LogP contribution in [0.1, 0.15) is 35.7 Å². The van der Waals surface area contributed by atoms with Crippen LogP contribution < -0.4 is 10.1 Å². The fourth-order valence-corrected chi connectivity index (χ4v) is 4.37. The third-order valence-electron chi connectivity index (χ3n) is 6.19. The number of halogens is 1. The van der Waals surface area contributed by atoms with E-state index in [-0.39, 0.29) is 11.8 Å². The molecule has 0 unspecified atom stereocenters. The van der Waals surface area contributed by atoms with Crippen molar-refractivity contribution in [2.45, 2.75) is 33.3 Å². The van der Waals surface area contributed by atoms with E-state index in [9.17, 15) is 4.79 Å². The number of rotatable bonds is 6. The van der Waals surface area contributed by atoms with Crippen molar-refractivity contribution in [3.63, 3.8) is 0 Å². The van der Waals surface area contributed by atoms with Gasteiger partial charge in [0.2, 0.25) is 5.91 Å². The number of benzene rings is 1. The predicted octanol–water partition coefficient (Wildman–Crippen LogP) is 4.02. The number of aromatic nitrogens is 1. The maximum Gasteiger partial charge on any atom is 0.225 e. The summed E-state index contributed by atoms with van der Waals surface area (Å²) in [6.07, 6.45) is 3.75. The Hall–Kier alpha value is -2.37. The molecular formula is C24H28ClN3O2. The van der Waals surface area contributed by atoms with Crippen molar-refractivity contribution in [2.24, 2.45) is 5.92 Å². The molecule has 2 aliphatic rings. The van der Waals surface area contributed by atoms with E-state index in [1.165, 1.54) is 22.3 Å². The first kappa shape index (κ1) is 20.9. The zero-order valence-corrected chi connectivity index (χ0v) is 18.6. The lowest BCUT2D eigenvalue weighted by Gasteiger charge is -2.39. The van der Waals surface area contributed by atoms with Gasteiger partial charge in [0.25, 0.3) is 0 Å². The minimum atomic E-state index is 0.144. The Labute approximate surface area is 183 Å². The summed E-state index contributed by atoms with van der Waals surface area (Å²) in [5, 5.41) is 3.42. The number of hydrogen-bond donors (Lipinski definition) is 1. The summed E-state index contributed by atoms with van der Waals surface area (Å²) in [5.74, 6) is 1.17. The number of nitrogens with one attached hydrogen (secondary N) is 1. The molecule has 0 atom stereocenters. The summed E-state index contributed by atoms with van der Waals surface area (Å²) < 4.78 is 5.98. The highest BCUT2D eigenvalue weighted by Gasteiger charge is 2.32. The summed E-state index contributed by atoms with van der Waals surface area (Å²) >= 11 is 6.05. The van der Waals surface area contributed by atoms with Crippen molar-refractivity contribution in [3.8, 4) is 5.75 Å². The smallest absolute Gasteiger partial charge is 0.225 e. The first-order valence-corrected chi connectivity index (χ1v) is 10.8. The van der Waals surface area contributed by atoms with Gasteiger partial charge in [-0.15, -0.1) is 0 Å². The summed E-state index contributed by atoms with van der Waals surface area (Å²) in [7, 11) is 1.71. The molecule has 2 heterocycles. The van der Waals surface area contributed by atoms with Crippen LogP contribution in [0.4, 0.5) is 0 Å². The highest BCUT2D eigenvalue weighted by atomic mass is 35.5. The number of pyridine rings is 1. The Kier molecular flexibility index (Phi) is 6.11. The largest absolute Gasteiger partial charge is 0.487 e. The third kappa shape index (κ3) is 4.37. The average molecular weight is 426 g/mol. The topological polar surface area (TPSA) is 54.5 Å². The highest BCUT2D eigenvalue weighted by Crippen LogP contribution is 2.34. The lowest BCUT2D eigenvalue weighted by Crippen LogP contribution is -2.53. The SMILES string of the molecule is CNC(=O)C1CN(CC2=C(C)c3ccc(OCc4cc(C)c(Cl)cn4)cc3CC2)C1. The molecule has 1 aromatic carbocycles. The number of carbonyl (C=O) groups is 1. The van der Waals surface area contributed by atoms with Crippen LogP contribution in [0.5, 0.6) is 5.75 Å². The number of ether oxygens (including phenoxy) is 1. The molecule has 0 saturated carbocycles. The summed E-state index contributed by atoms with van der Waals surface area (Å²) in [4.78, 5) is 18.4. The molecule has 4 rings (SSSR count). The van der Waals surface area contributed by atoms with E-state index in [2.05, 4.69) is 34.3 Å². The van der Waals surface area contributed by atoms with Gasteiger partial charge in [-0.3, -0.25) is 14.7 Å². The van der Waals surface area contributed by atoms with Gasteiger partial charge < -0.3 is 10.1 Å². The van der Waals surface area contributed by atoms with E-state index in [4.69, 9.17) is 16.3 Å². The molecule has 5 nitrogen and oxygen atoms in total. The predicted molar refractivity (Wildman–Crippen MR) is 120 cm³/mol. The van der Waals surface area contributed by atoms with E-state index in [1.54, 1.807) is 13.2 Å². The number of amides is 1. The van der Waals surface area contributed by atoms with Crippen molar-refractivity contribution in [1.29, 1.82) is 0 Å². The first-order valence-electron chi connectivity index (χ1n) is 10.4. The molecule has 1 aromatic heterocycles. The van der Waals surface area contributed by atoms with Gasteiger partial charge in [0, 0.05) is 32.9 Å². The van der Waals surface area contributed by atoms with Crippen LogP contribution in [0.25, 0.3) is 5.57 Å². The maximum absolute atomic E-state index is 11.7. The van der Waals surface area contributed by atoms with Crippen LogP contribution in [0, 0.1) is 12.8 Å². The van der Waals surface area contributed by atoms with E-state index >= 15 is 0 Å². The lowest BCUT2D eigenvalue weighted by molar-refractivity contribution is -0.129. The van der Waals surface area contributed by atoms with Crippen LogP contribution in [0.15, 0.2) is 36.0 Å². The molecule has 30 heavy (non-hydrogen) atoms. The molecule has 1 fully saturated rings. The molecule has 1 amide bonds. The van der Waals surface area contributed by atoms with Gasteiger partial charge in [0.15, 0.2) is 0 Å². The van der Waals surface area contributed by atoms with Gasteiger partial charge in [-0.05, 0) is 67.2 Å². The van der Waals surface area contributed by atoms with E-state index in [0.717, 1.165) is 49.5 Å². The van der Waals surface area contributed by atoms with Crippen LogP contribution in [-0.4, -0.2) is 42.5 Å². The van der Waals surface area contributed by atoms with Gasteiger partial charge in [0.05, 0.1) is 16.6 Å². The van der Waals surface area contributed by atoms with Crippen molar-refractivity contribution in [3.05, 3.63) is 63.4 Å². The quantitative estimate of drug-likeness (QED) is 0.759. The molecule has 0 radical (unpaired) electrons. The molecule has 1 aliphatic heterocycles. The minimum absolute atomic E-state index is 0.144. The molecule has 0 spiro atoms. The molecule has 0 bridgehead atoms. The molecule has 1 saturated heterocycles. The number of aryl methyl sites for hydroxylation is 2. The molecule has 1 aliphatic carbocycles. The van der Waals surface area contributed by atoms with E-state index in [1.807, 2.05) is 19.1 Å². The summed E-state index contributed by atoms with van der Waals surface area (Å²) in [6, 6.07) is 8.33. The number of hydrogen-bond acceptors (Lipinski definition) is 4. The molecule has 6 heteroatoms. The van der Waals surface area contributed by atoms with Crippen LogP contribution >= 0.6 is 11.6 Å². The molecule has 158 valence electrons. The normalized spacial score (nSPS) is 16.8. The monoisotopic (exact) mass is 425 g/mol. The van der Waals surface area contributed by atoms with Crippen LogP contribution in [0.3, 0.4) is 0 Å². The zero-order valence-electron chi connectivity index (χ0n) is 17.8. The second kappa shape index (κ2) is 8.78. The Balaban J connectivity index is 1.39. The molecule has 2 aromatic rings. The van der Waals surface area contributed by atoms with Gasteiger partial charge in [-0.2, -0.15) is 0 Å². The minimum Gasteiger partial charge on any atom is -0.487 e. The Morgan fingerprint density at radius 1 is 1.27 bits per heavy atom. The second-order valence-corrected chi connectivity index (χ2v) is 8.67. The Bertz CT molecular complexity index is 996. The Morgan fingerprint density at radius 2 is 2.07 bits per heavy atom. The average Bonchev–Trinajstić information content (AvgIpc) is 2.72. The van der Waals surface area contributed by atoms with Gasteiger partial charge >= 0.3 is 0 Å². The van der Waals surface area contributed by atoms with Crippen molar-refractivity contribution in [2.75, 3.05) is 26.7 Å². The van der Waals surface area contributed by atoms with Gasteiger partial charge in [-0.25, -0.2) is 0 Å². The molecule has 1 N–H and O–H groups in total. The second-order valence-electron chi connectivity index (χ2n) is 8.27. The first-order chi connectivity index (χ1) is 14.4. The van der Waals surface area contributed by atoms with Crippen molar-refractivity contribution < 1.29 is 9.53 Å². The van der Waals surface area contributed by atoms with E-state index in [0.29, 0.717) is 11.6 Å². The summed E-state index contributed by atoms with van der Waals surface area (Å²) in [6.45, 7) is 7.28. The van der Waals surface area contributed by atoms with Gasteiger partial charge in [-0.1, -0.05) is 23.2 Å². The van der Waals surface area contributed by atoms with Crippen LogP contribution in [-0.2, 0) is 17.8 Å². The number of likely N-dealkylation sites (tertiary alicyclic amines) is 1. The standard InChI is InChI=1S/C24H28ClN3O2/c1-15-8-20(27-10-23(15)25)14-30-21-6-7-22-16(2)18(5-4-17(22)9-21)11-28-12-19(13-28)24(29)26-3/h6-10,19H,4-5,11-14H2,1-3H3,(H,26,29). The van der Waals surface area contributed by atoms with Crippen molar-refractivity contribution in [1.82, 2.24) is 15.2 Å². The fourth-order valence-electron chi connectivity index (χ4n) is 4.27. The Morgan fingerprint density at radius 3 is 2.80 bits per heavy atom. The number of fused-ring (bicyclic) bond motifs is 1. The zero-order chi connectivity index (χ0) is 21.3. The van der Waals surface area contributed by atoms with E-state index < -0.39 is 0 Å². The maximum atomic E-state index is 11.7. The van der Waals surface area contributed by atoms with Crippen molar-refractivity contribution >= 4 is 23.1 Å². The number of nitrogens with zero attached hydrogens (tertiary/aromatic N) is 2. The van der Waals surface area contributed by atoms with Crippen LogP contribution in [0.2, 0.25) is 5.02 Å². The molecular weight excluding hydrogens is 398 g/mol. The lowest BCUT2D eigenvalue weighted by atomic mass is 9.85. The number of allylic oxidation sites excluding steroid dienone is 1. The third-order valence-corrected chi connectivity index (χ3v) is 6.58. The highest BCUT2D eigenvalue weighted by molar-refractivity contribution is 6.31. The summed E-state index contributed by atoms with van der Waals surface area (Å²) in [5.41, 5.74) is 7.37. The number of carbonyl (C=O) groups excluding carboxylic acids is 1.